The van der Waals surface area contributed by atoms with Crippen LogP contribution < -0.4 is 0 Å². The summed E-state index contributed by atoms with van der Waals surface area (Å²) in [6.07, 6.45) is -0.00120. The van der Waals surface area contributed by atoms with Crippen molar-refractivity contribution >= 4 is 12.0 Å². The molecule has 0 atom stereocenters. The third-order valence-electron chi connectivity index (χ3n) is 3.70. The molecule has 128 valence electrons. The minimum Gasteiger partial charge on any atom is -0.444 e. The van der Waals surface area contributed by atoms with Crippen LogP contribution in [0.5, 0.6) is 0 Å². The molecule has 1 aromatic rings. The van der Waals surface area contributed by atoms with E-state index in [-0.39, 0.29) is 12.0 Å². The normalized spacial score (nSPS) is 14.9. The highest BCUT2D eigenvalue weighted by Gasteiger charge is 2.27. The van der Waals surface area contributed by atoms with Crippen LogP contribution >= 0.6 is 0 Å². The van der Waals surface area contributed by atoms with E-state index in [4.69, 9.17) is 10.00 Å². The van der Waals surface area contributed by atoms with Crippen molar-refractivity contribution in [2.75, 3.05) is 26.2 Å². The van der Waals surface area contributed by atoms with Gasteiger partial charge in [-0.25, -0.2) is 4.79 Å². The van der Waals surface area contributed by atoms with Gasteiger partial charge in [0.1, 0.15) is 5.60 Å². The van der Waals surface area contributed by atoms with E-state index in [1.54, 1.807) is 34.1 Å². The number of ether oxygens (including phenoxy) is 1. The molecular weight excluding hydrogens is 306 g/mol. The van der Waals surface area contributed by atoms with Crippen LogP contribution in [0.3, 0.4) is 0 Å². The molecule has 1 aromatic carbocycles. The number of amides is 2. The fourth-order valence-corrected chi connectivity index (χ4v) is 2.46. The summed E-state index contributed by atoms with van der Waals surface area (Å²) in [5.74, 6) is -0.0534. The standard InChI is InChI=1S/C18H23N3O3/c1-18(2,3)24-17(23)21-12-10-20(11-13-21)16(22)15-6-4-14(5-7-15)8-9-19/h4-7H,8,10-13H2,1-3H3. The molecule has 0 saturated carbocycles. The van der Waals surface area contributed by atoms with Gasteiger partial charge in [0.05, 0.1) is 12.5 Å². The zero-order chi connectivity index (χ0) is 17.7. The first-order valence-corrected chi connectivity index (χ1v) is 8.03. The Hall–Kier alpha value is -2.55. The van der Waals surface area contributed by atoms with Crippen molar-refractivity contribution in [1.82, 2.24) is 9.80 Å². The highest BCUT2D eigenvalue weighted by molar-refractivity contribution is 5.94. The average molecular weight is 329 g/mol. The maximum atomic E-state index is 12.5. The molecule has 0 radical (unpaired) electrons. The van der Waals surface area contributed by atoms with Gasteiger partial charge in [0.15, 0.2) is 0 Å². The highest BCUT2D eigenvalue weighted by atomic mass is 16.6. The molecule has 0 bridgehead atoms. The summed E-state index contributed by atoms with van der Waals surface area (Å²) in [7, 11) is 0. The van der Waals surface area contributed by atoms with Crippen molar-refractivity contribution in [1.29, 1.82) is 5.26 Å². The highest BCUT2D eigenvalue weighted by Crippen LogP contribution is 2.14. The number of hydrogen-bond donors (Lipinski definition) is 0. The predicted molar refractivity (Wildman–Crippen MR) is 89.5 cm³/mol. The lowest BCUT2D eigenvalue weighted by Crippen LogP contribution is -2.51. The van der Waals surface area contributed by atoms with E-state index in [9.17, 15) is 9.59 Å². The molecule has 1 aliphatic heterocycles. The zero-order valence-corrected chi connectivity index (χ0v) is 14.4. The van der Waals surface area contributed by atoms with Crippen molar-refractivity contribution in [3.8, 4) is 6.07 Å². The molecule has 2 amide bonds. The van der Waals surface area contributed by atoms with Crippen LogP contribution in [0.25, 0.3) is 0 Å². The van der Waals surface area contributed by atoms with Crippen LogP contribution in [0.4, 0.5) is 4.79 Å². The molecule has 6 nitrogen and oxygen atoms in total. The summed E-state index contributed by atoms with van der Waals surface area (Å²) in [5, 5.41) is 8.67. The third kappa shape index (κ3) is 4.72. The van der Waals surface area contributed by atoms with Gasteiger partial charge in [-0.3, -0.25) is 4.79 Å². The Balaban J connectivity index is 1.91. The molecule has 0 unspecified atom stereocenters. The van der Waals surface area contributed by atoms with Crippen LogP contribution in [0, 0.1) is 11.3 Å². The minimum atomic E-state index is -0.519. The second kappa shape index (κ2) is 7.35. The van der Waals surface area contributed by atoms with Gasteiger partial charge in [-0.2, -0.15) is 5.26 Å². The van der Waals surface area contributed by atoms with Gasteiger partial charge in [-0.1, -0.05) is 12.1 Å². The first kappa shape index (κ1) is 17.8. The van der Waals surface area contributed by atoms with Crippen LogP contribution in [0.2, 0.25) is 0 Å². The van der Waals surface area contributed by atoms with Gasteiger partial charge in [0.25, 0.3) is 5.91 Å². The topological polar surface area (TPSA) is 73.6 Å². The van der Waals surface area contributed by atoms with E-state index in [1.807, 2.05) is 20.8 Å². The number of nitriles is 1. The minimum absolute atomic E-state index is 0.0534. The number of carbonyl (C=O) groups is 2. The maximum Gasteiger partial charge on any atom is 0.410 e. The fourth-order valence-electron chi connectivity index (χ4n) is 2.46. The van der Waals surface area contributed by atoms with Gasteiger partial charge >= 0.3 is 6.09 Å². The van der Waals surface area contributed by atoms with Gasteiger partial charge in [0.2, 0.25) is 0 Å². The van der Waals surface area contributed by atoms with E-state index in [0.29, 0.717) is 38.2 Å². The summed E-state index contributed by atoms with van der Waals surface area (Å²) in [5.41, 5.74) is 0.973. The van der Waals surface area contributed by atoms with E-state index in [1.165, 1.54) is 0 Å². The van der Waals surface area contributed by atoms with Gasteiger partial charge in [-0.15, -0.1) is 0 Å². The second-order valence-corrected chi connectivity index (χ2v) is 6.79. The lowest BCUT2D eigenvalue weighted by Gasteiger charge is -2.35. The Kier molecular flexibility index (Phi) is 5.45. The van der Waals surface area contributed by atoms with Gasteiger partial charge in [-0.05, 0) is 38.5 Å². The van der Waals surface area contributed by atoms with Crippen LogP contribution in [0.1, 0.15) is 36.7 Å². The van der Waals surface area contributed by atoms with E-state index in [2.05, 4.69) is 6.07 Å². The number of benzene rings is 1. The van der Waals surface area contributed by atoms with Crippen LogP contribution in [-0.2, 0) is 11.2 Å². The van der Waals surface area contributed by atoms with Crippen molar-refractivity contribution in [2.24, 2.45) is 0 Å². The largest absolute Gasteiger partial charge is 0.444 e. The fraction of sp³-hybridized carbons (Fsp3) is 0.500. The molecule has 0 aliphatic carbocycles. The molecular formula is C18H23N3O3. The molecule has 6 heteroatoms. The quantitative estimate of drug-likeness (QED) is 0.835. The Morgan fingerprint density at radius 1 is 1.08 bits per heavy atom. The molecule has 0 spiro atoms. The first-order chi connectivity index (χ1) is 11.3. The molecule has 0 aromatic heterocycles. The molecule has 1 heterocycles. The Morgan fingerprint density at radius 2 is 1.62 bits per heavy atom. The van der Waals surface area contributed by atoms with Crippen LogP contribution in [0.15, 0.2) is 24.3 Å². The number of carbonyl (C=O) groups excluding carboxylic acids is 2. The Morgan fingerprint density at radius 3 is 2.12 bits per heavy atom. The van der Waals surface area contributed by atoms with Crippen molar-refractivity contribution in [3.63, 3.8) is 0 Å². The molecule has 1 fully saturated rings. The summed E-state index contributed by atoms with van der Waals surface area (Å²) >= 11 is 0. The molecule has 1 saturated heterocycles. The first-order valence-electron chi connectivity index (χ1n) is 8.03. The third-order valence-corrected chi connectivity index (χ3v) is 3.70. The zero-order valence-electron chi connectivity index (χ0n) is 14.4. The molecule has 0 N–H and O–H groups in total. The number of rotatable bonds is 2. The molecule has 24 heavy (non-hydrogen) atoms. The smallest absolute Gasteiger partial charge is 0.410 e. The van der Waals surface area contributed by atoms with Gasteiger partial charge < -0.3 is 14.5 Å². The summed E-state index contributed by atoms with van der Waals surface area (Å²) < 4.78 is 5.35. The summed E-state index contributed by atoms with van der Waals surface area (Å²) in [6, 6.07) is 9.17. The Bertz CT molecular complexity index is 633. The van der Waals surface area contributed by atoms with E-state index in [0.717, 1.165) is 5.56 Å². The van der Waals surface area contributed by atoms with Crippen molar-refractivity contribution < 1.29 is 14.3 Å². The predicted octanol–water partition coefficient (Wildman–Crippen LogP) is 2.45. The number of nitrogens with zero attached hydrogens (tertiary/aromatic N) is 3. The summed E-state index contributed by atoms with van der Waals surface area (Å²) in [6.45, 7) is 7.40. The SMILES string of the molecule is CC(C)(C)OC(=O)N1CCN(C(=O)c2ccc(CC#N)cc2)CC1. The number of piperazine rings is 1. The second-order valence-electron chi connectivity index (χ2n) is 6.79. The van der Waals surface area contributed by atoms with Crippen molar-refractivity contribution in [2.45, 2.75) is 32.8 Å². The van der Waals surface area contributed by atoms with Crippen LogP contribution in [-0.4, -0.2) is 53.6 Å². The van der Waals surface area contributed by atoms with Crippen molar-refractivity contribution in [3.05, 3.63) is 35.4 Å². The Labute approximate surface area is 142 Å². The van der Waals surface area contributed by atoms with E-state index >= 15 is 0 Å². The lowest BCUT2D eigenvalue weighted by molar-refractivity contribution is 0.0141. The lowest BCUT2D eigenvalue weighted by atomic mass is 10.1. The molecule has 1 aliphatic rings. The maximum absolute atomic E-state index is 12.5. The van der Waals surface area contributed by atoms with Gasteiger partial charge in [0, 0.05) is 31.7 Å². The summed E-state index contributed by atoms with van der Waals surface area (Å²) in [4.78, 5) is 27.9. The average Bonchev–Trinajstić information content (AvgIpc) is 2.54. The molecule has 2 rings (SSSR count). The van der Waals surface area contributed by atoms with E-state index < -0.39 is 5.60 Å². The monoisotopic (exact) mass is 329 g/mol. The number of hydrogen-bond acceptors (Lipinski definition) is 4.